The molecule has 0 radical (unpaired) electrons. The normalized spacial score (nSPS) is 12.2. The second-order valence-corrected chi connectivity index (χ2v) is 9.45. The molecule has 2 N–H and O–H groups in total. The van der Waals surface area contributed by atoms with Gasteiger partial charge in [0, 0.05) is 5.56 Å². The summed E-state index contributed by atoms with van der Waals surface area (Å²) in [5.74, 6) is 0.383. The predicted octanol–water partition coefficient (Wildman–Crippen LogP) is 4.91. The molecule has 0 aromatic heterocycles. The van der Waals surface area contributed by atoms with Gasteiger partial charge >= 0.3 is 0 Å². The lowest BCUT2D eigenvalue weighted by Gasteiger charge is -2.17. The number of hydrogen-bond donors (Lipinski definition) is 2. The highest BCUT2D eigenvalue weighted by atomic mass is 32.2. The number of nitrogens with one attached hydrogen (secondary N) is 2. The number of benzene rings is 3. The molecule has 1 unspecified atom stereocenters. The monoisotopic (exact) mass is 452 g/mol. The maximum atomic E-state index is 13.1. The topological polar surface area (TPSA) is 84.5 Å². The third-order valence-electron chi connectivity index (χ3n) is 5.55. The third-order valence-corrected chi connectivity index (χ3v) is 7.06. The lowest BCUT2D eigenvalue weighted by molar-refractivity contribution is 0.0939. The second kappa shape index (κ2) is 9.44. The molecule has 0 saturated heterocycles. The van der Waals surface area contributed by atoms with Crippen molar-refractivity contribution in [3.8, 4) is 5.75 Å². The molecule has 0 aliphatic heterocycles. The summed E-state index contributed by atoms with van der Waals surface area (Å²) in [7, 11) is -2.28. The van der Waals surface area contributed by atoms with E-state index in [-0.39, 0.29) is 22.4 Å². The van der Waals surface area contributed by atoms with E-state index in [1.807, 2.05) is 51.1 Å². The van der Waals surface area contributed by atoms with Crippen molar-refractivity contribution in [1.29, 1.82) is 0 Å². The Labute approximate surface area is 189 Å². The van der Waals surface area contributed by atoms with Gasteiger partial charge < -0.3 is 10.1 Å². The summed E-state index contributed by atoms with van der Waals surface area (Å²) in [5, 5.41) is 2.92. The molecule has 0 aliphatic rings. The van der Waals surface area contributed by atoms with Crippen LogP contribution in [0.3, 0.4) is 0 Å². The van der Waals surface area contributed by atoms with E-state index < -0.39 is 10.0 Å². The van der Waals surface area contributed by atoms with Crippen LogP contribution in [0, 0.1) is 20.8 Å². The van der Waals surface area contributed by atoms with Gasteiger partial charge in [-0.2, -0.15) is 0 Å². The van der Waals surface area contributed by atoms with Crippen LogP contribution in [0.25, 0.3) is 0 Å². The van der Waals surface area contributed by atoms with Crippen molar-refractivity contribution in [3.05, 3.63) is 88.5 Å². The Hall–Kier alpha value is -3.32. The highest BCUT2D eigenvalue weighted by molar-refractivity contribution is 7.92. The highest BCUT2D eigenvalue weighted by Gasteiger charge is 2.21. The molecule has 0 spiro atoms. The van der Waals surface area contributed by atoms with Crippen LogP contribution in [-0.2, 0) is 10.0 Å². The number of amides is 1. The van der Waals surface area contributed by atoms with Gasteiger partial charge in [0.1, 0.15) is 5.75 Å². The third kappa shape index (κ3) is 5.11. The summed E-state index contributed by atoms with van der Waals surface area (Å²) in [4.78, 5) is 12.9. The van der Waals surface area contributed by atoms with Gasteiger partial charge in [-0.3, -0.25) is 9.52 Å². The number of carbonyl (C=O) groups excluding carboxylic acids is 1. The number of methoxy groups -OCH3 is 1. The molecule has 32 heavy (non-hydrogen) atoms. The predicted molar refractivity (Wildman–Crippen MR) is 127 cm³/mol. The van der Waals surface area contributed by atoms with Crippen molar-refractivity contribution in [1.82, 2.24) is 5.32 Å². The lowest BCUT2D eigenvalue weighted by atomic mass is 10.1. The first-order valence-electron chi connectivity index (χ1n) is 10.3. The quantitative estimate of drug-likeness (QED) is 0.533. The van der Waals surface area contributed by atoms with E-state index >= 15 is 0 Å². The Morgan fingerprint density at radius 2 is 1.62 bits per heavy atom. The summed E-state index contributed by atoms with van der Waals surface area (Å²) in [5.41, 5.74) is 4.11. The average Bonchev–Trinajstić information content (AvgIpc) is 2.77. The van der Waals surface area contributed by atoms with Crippen LogP contribution in [0.4, 0.5) is 5.69 Å². The van der Waals surface area contributed by atoms with Gasteiger partial charge in [0.05, 0.1) is 23.7 Å². The van der Waals surface area contributed by atoms with Crippen molar-refractivity contribution in [3.63, 3.8) is 0 Å². The Morgan fingerprint density at radius 3 is 2.28 bits per heavy atom. The molecule has 6 nitrogen and oxygen atoms in total. The minimum absolute atomic E-state index is 0.0724. The van der Waals surface area contributed by atoms with Gasteiger partial charge in [0.2, 0.25) is 0 Å². The van der Waals surface area contributed by atoms with E-state index in [1.165, 1.54) is 6.07 Å². The smallest absolute Gasteiger partial charge is 0.262 e. The van der Waals surface area contributed by atoms with Gasteiger partial charge in [-0.1, -0.05) is 30.3 Å². The molecule has 3 rings (SSSR count). The van der Waals surface area contributed by atoms with Crippen molar-refractivity contribution in [2.75, 3.05) is 11.8 Å². The van der Waals surface area contributed by atoms with Crippen molar-refractivity contribution >= 4 is 21.6 Å². The van der Waals surface area contributed by atoms with Crippen LogP contribution in [-0.4, -0.2) is 21.4 Å². The molecule has 0 saturated carbocycles. The van der Waals surface area contributed by atoms with Crippen LogP contribution in [0.15, 0.2) is 65.6 Å². The first kappa shape index (κ1) is 23.3. The molecule has 168 valence electrons. The molecule has 0 aliphatic carbocycles. The molecule has 0 bridgehead atoms. The van der Waals surface area contributed by atoms with Gasteiger partial charge in [-0.15, -0.1) is 0 Å². The Morgan fingerprint density at radius 1 is 0.938 bits per heavy atom. The molecule has 7 heteroatoms. The molecule has 0 fully saturated rings. The van der Waals surface area contributed by atoms with Gasteiger partial charge in [-0.25, -0.2) is 8.42 Å². The number of rotatable bonds is 7. The Kier molecular flexibility index (Phi) is 6.89. The number of sulfonamides is 1. The maximum absolute atomic E-state index is 13.1. The fraction of sp³-hybridized carbons (Fsp3) is 0.240. The molecule has 1 amide bonds. The van der Waals surface area contributed by atoms with E-state index in [0.29, 0.717) is 11.3 Å². The fourth-order valence-electron chi connectivity index (χ4n) is 3.35. The number of carbonyl (C=O) groups is 1. The van der Waals surface area contributed by atoms with E-state index in [1.54, 1.807) is 38.3 Å². The number of hydrogen-bond acceptors (Lipinski definition) is 4. The molecular formula is C25H28N2O4S. The summed E-state index contributed by atoms with van der Waals surface area (Å²) < 4.78 is 34.0. The molecule has 3 aromatic carbocycles. The highest BCUT2D eigenvalue weighted by Crippen LogP contribution is 2.25. The lowest BCUT2D eigenvalue weighted by Crippen LogP contribution is -2.27. The SMILES string of the molecule is COc1ccc(C(C)NC(=O)c2ccc(C)c(S(=O)(=O)Nc3cccc(C)c3C)c2)cc1. The maximum Gasteiger partial charge on any atom is 0.262 e. The largest absolute Gasteiger partial charge is 0.497 e. The zero-order chi connectivity index (χ0) is 23.5. The van der Waals surface area contributed by atoms with Crippen LogP contribution < -0.4 is 14.8 Å². The van der Waals surface area contributed by atoms with E-state index in [0.717, 1.165) is 22.4 Å². The zero-order valence-corrected chi connectivity index (χ0v) is 19.7. The fourth-order valence-corrected chi connectivity index (χ4v) is 4.74. The first-order chi connectivity index (χ1) is 15.1. The minimum atomic E-state index is -3.87. The molecule has 1 atom stereocenters. The van der Waals surface area contributed by atoms with Crippen molar-refractivity contribution < 1.29 is 17.9 Å². The number of anilines is 1. The standard InChI is InChI=1S/C25H28N2O4S/c1-16-7-6-8-23(18(16)3)27-32(29,30)24-15-21(10-9-17(24)2)25(28)26-19(4)20-11-13-22(31-5)14-12-20/h6-15,19,27H,1-5H3,(H,26,28). The molecule has 0 heterocycles. The van der Waals surface area contributed by atoms with E-state index in [2.05, 4.69) is 10.0 Å². The minimum Gasteiger partial charge on any atom is -0.497 e. The number of ether oxygens (including phenoxy) is 1. The Bertz CT molecular complexity index is 1240. The summed E-state index contributed by atoms with van der Waals surface area (Å²) in [6.45, 7) is 7.37. The van der Waals surface area contributed by atoms with Crippen molar-refractivity contribution in [2.24, 2.45) is 0 Å². The van der Waals surface area contributed by atoms with Crippen LogP contribution in [0.5, 0.6) is 5.75 Å². The molecule has 3 aromatic rings. The summed E-state index contributed by atoms with van der Waals surface area (Å²) in [6, 6.07) is 17.3. The van der Waals surface area contributed by atoms with E-state index in [9.17, 15) is 13.2 Å². The molecular weight excluding hydrogens is 424 g/mol. The van der Waals surface area contributed by atoms with Crippen molar-refractivity contribution in [2.45, 2.75) is 38.6 Å². The van der Waals surface area contributed by atoms with Gasteiger partial charge in [0.15, 0.2) is 0 Å². The zero-order valence-electron chi connectivity index (χ0n) is 18.9. The van der Waals surface area contributed by atoms with Crippen LogP contribution in [0.1, 0.15) is 45.6 Å². The Balaban J connectivity index is 1.83. The van der Waals surface area contributed by atoms with Gasteiger partial charge in [0.25, 0.3) is 15.9 Å². The summed E-state index contributed by atoms with van der Waals surface area (Å²) in [6.07, 6.45) is 0. The van der Waals surface area contributed by atoms with E-state index in [4.69, 9.17) is 4.74 Å². The van der Waals surface area contributed by atoms with Crippen LogP contribution >= 0.6 is 0 Å². The average molecular weight is 453 g/mol. The van der Waals surface area contributed by atoms with Crippen LogP contribution in [0.2, 0.25) is 0 Å². The first-order valence-corrected chi connectivity index (χ1v) is 11.7. The van der Waals surface area contributed by atoms with Gasteiger partial charge in [-0.05, 0) is 80.3 Å². The number of aryl methyl sites for hydroxylation is 2. The summed E-state index contributed by atoms with van der Waals surface area (Å²) >= 11 is 0. The second-order valence-electron chi connectivity index (χ2n) is 7.80.